The molecule has 0 spiro atoms. The first-order valence-corrected chi connectivity index (χ1v) is 5.61. The minimum Gasteiger partial charge on any atom is -0.373 e. The number of nitrogens with one attached hydrogen (secondary N) is 2. The third kappa shape index (κ3) is 2.88. The monoisotopic (exact) mass is 277 g/mol. The lowest BCUT2D eigenvalue weighted by molar-refractivity contribution is -0.385. The molecule has 0 saturated heterocycles. The predicted molar refractivity (Wildman–Crippen MR) is 68.1 cm³/mol. The molecule has 0 fully saturated rings. The fourth-order valence-corrected chi connectivity index (χ4v) is 1.51. The van der Waals surface area contributed by atoms with Crippen molar-refractivity contribution in [2.24, 2.45) is 0 Å². The number of amides is 1. The molecule has 20 heavy (non-hydrogen) atoms. The van der Waals surface area contributed by atoms with Crippen LogP contribution in [0.5, 0.6) is 0 Å². The van der Waals surface area contributed by atoms with Gasteiger partial charge in [0.05, 0.1) is 11.5 Å². The highest BCUT2D eigenvalue weighted by Gasteiger charge is 2.21. The van der Waals surface area contributed by atoms with E-state index < -0.39 is 10.8 Å². The molecule has 0 atom stereocenters. The van der Waals surface area contributed by atoms with E-state index in [0.29, 0.717) is 11.5 Å². The van der Waals surface area contributed by atoms with Crippen LogP contribution in [0.4, 0.5) is 11.5 Å². The van der Waals surface area contributed by atoms with Gasteiger partial charge in [-0.05, 0) is 0 Å². The summed E-state index contributed by atoms with van der Waals surface area (Å²) in [4.78, 5) is 26.1. The number of hydrogen-bond acceptors (Lipinski definition) is 7. The van der Waals surface area contributed by atoms with Crippen LogP contribution in [-0.2, 0) is 6.54 Å². The SMILES string of the molecule is CNc1cc(C(=O)NCc2ccon2)c([N+](=O)[O-])cn1. The Labute approximate surface area is 113 Å². The topological polar surface area (TPSA) is 123 Å². The molecular weight excluding hydrogens is 266 g/mol. The molecule has 1 amide bonds. The predicted octanol–water partition coefficient (Wildman–Crippen LogP) is 0.949. The average Bonchev–Trinajstić information content (AvgIpc) is 2.97. The number of carbonyl (C=O) groups excluding carboxylic acids is 1. The Balaban J connectivity index is 2.20. The first-order chi connectivity index (χ1) is 9.61. The maximum absolute atomic E-state index is 12.0. The van der Waals surface area contributed by atoms with E-state index in [1.807, 2.05) is 0 Å². The zero-order valence-electron chi connectivity index (χ0n) is 10.5. The van der Waals surface area contributed by atoms with Gasteiger partial charge in [0, 0.05) is 19.2 Å². The van der Waals surface area contributed by atoms with Crippen LogP contribution in [0.1, 0.15) is 16.1 Å². The molecule has 2 N–H and O–H groups in total. The lowest BCUT2D eigenvalue weighted by atomic mass is 10.2. The van der Waals surface area contributed by atoms with Gasteiger partial charge in [0.2, 0.25) is 0 Å². The van der Waals surface area contributed by atoms with Gasteiger partial charge in [-0.1, -0.05) is 5.16 Å². The maximum atomic E-state index is 12.0. The summed E-state index contributed by atoms with van der Waals surface area (Å²) >= 11 is 0. The molecule has 9 heteroatoms. The van der Waals surface area contributed by atoms with Crippen LogP contribution in [0.15, 0.2) is 29.1 Å². The second-order valence-corrected chi connectivity index (χ2v) is 3.77. The van der Waals surface area contributed by atoms with E-state index in [1.165, 1.54) is 12.3 Å². The van der Waals surface area contributed by atoms with Gasteiger partial charge in [0.15, 0.2) is 0 Å². The second-order valence-electron chi connectivity index (χ2n) is 3.77. The maximum Gasteiger partial charge on any atom is 0.300 e. The molecule has 104 valence electrons. The zero-order chi connectivity index (χ0) is 14.5. The van der Waals surface area contributed by atoms with E-state index in [9.17, 15) is 14.9 Å². The summed E-state index contributed by atoms with van der Waals surface area (Å²) in [7, 11) is 1.60. The molecule has 0 aliphatic heterocycles. The molecule has 2 aromatic rings. The number of anilines is 1. The number of nitrogens with zero attached hydrogens (tertiary/aromatic N) is 3. The van der Waals surface area contributed by atoms with Crippen molar-refractivity contribution in [3.05, 3.63) is 46.0 Å². The highest BCUT2D eigenvalue weighted by Crippen LogP contribution is 2.20. The van der Waals surface area contributed by atoms with Crippen molar-refractivity contribution in [2.75, 3.05) is 12.4 Å². The largest absolute Gasteiger partial charge is 0.373 e. The average molecular weight is 277 g/mol. The van der Waals surface area contributed by atoms with E-state index in [2.05, 4.69) is 25.3 Å². The molecule has 0 aliphatic carbocycles. The molecular formula is C11H11N5O4. The van der Waals surface area contributed by atoms with E-state index in [-0.39, 0.29) is 17.8 Å². The van der Waals surface area contributed by atoms with Gasteiger partial charge in [-0.15, -0.1) is 0 Å². The number of pyridine rings is 1. The van der Waals surface area contributed by atoms with Gasteiger partial charge < -0.3 is 15.2 Å². The zero-order valence-corrected chi connectivity index (χ0v) is 10.5. The third-order valence-electron chi connectivity index (χ3n) is 2.50. The Hall–Kier alpha value is -2.97. The van der Waals surface area contributed by atoms with Gasteiger partial charge in [-0.2, -0.15) is 0 Å². The second kappa shape index (κ2) is 5.78. The first kappa shape index (κ1) is 13.5. The molecule has 0 aromatic carbocycles. The molecule has 0 aliphatic rings. The quantitative estimate of drug-likeness (QED) is 0.615. The normalized spacial score (nSPS) is 10.1. The van der Waals surface area contributed by atoms with Crippen LogP contribution in [0.2, 0.25) is 0 Å². The van der Waals surface area contributed by atoms with Gasteiger partial charge >= 0.3 is 0 Å². The van der Waals surface area contributed by atoms with Crippen LogP contribution >= 0.6 is 0 Å². The van der Waals surface area contributed by atoms with E-state index in [1.54, 1.807) is 13.1 Å². The van der Waals surface area contributed by atoms with Crippen molar-refractivity contribution in [1.82, 2.24) is 15.5 Å². The molecule has 2 aromatic heterocycles. The minimum atomic E-state index is -0.655. The lowest BCUT2D eigenvalue weighted by Gasteiger charge is -2.06. The Kier molecular flexibility index (Phi) is 3.89. The van der Waals surface area contributed by atoms with Crippen LogP contribution < -0.4 is 10.6 Å². The first-order valence-electron chi connectivity index (χ1n) is 5.61. The summed E-state index contributed by atoms with van der Waals surface area (Å²) < 4.78 is 4.62. The summed E-state index contributed by atoms with van der Waals surface area (Å²) in [6.07, 6.45) is 2.41. The van der Waals surface area contributed by atoms with Crippen molar-refractivity contribution in [2.45, 2.75) is 6.54 Å². The fourth-order valence-electron chi connectivity index (χ4n) is 1.51. The van der Waals surface area contributed by atoms with Gasteiger partial charge in [0.1, 0.15) is 29.5 Å². The number of aromatic nitrogens is 2. The molecule has 9 nitrogen and oxygen atoms in total. The molecule has 2 heterocycles. The Morgan fingerprint density at radius 3 is 2.95 bits per heavy atom. The Morgan fingerprint density at radius 2 is 2.35 bits per heavy atom. The van der Waals surface area contributed by atoms with Crippen molar-refractivity contribution in [3.63, 3.8) is 0 Å². The van der Waals surface area contributed by atoms with Crippen LogP contribution in [0, 0.1) is 10.1 Å². The van der Waals surface area contributed by atoms with E-state index in [4.69, 9.17) is 0 Å². The summed E-state index contributed by atoms with van der Waals surface area (Å²) in [5.41, 5.74) is 0.0865. The number of nitro groups is 1. The standard InChI is InChI=1S/C11H11N5O4/c1-12-10-4-8(9(6-13-10)16(18)19)11(17)14-5-7-2-3-20-15-7/h2-4,6H,5H2,1H3,(H,12,13)(H,14,17). The number of carbonyl (C=O) groups is 1. The Morgan fingerprint density at radius 1 is 1.55 bits per heavy atom. The Bertz CT molecular complexity index is 626. The molecule has 0 bridgehead atoms. The van der Waals surface area contributed by atoms with E-state index >= 15 is 0 Å². The third-order valence-corrected chi connectivity index (χ3v) is 2.50. The minimum absolute atomic E-state index is 0.0714. The number of hydrogen-bond donors (Lipinski definition) is 2. The van der Waals surface area contributed by atoms with Crippen LogP contribution in [0.3, 0.4) is 0 Å². The van der Waals surface area contributed by atoms with E-state index in [0.717, 1.165) is 6.20 Å². The molecule has 0 radical (unpaired) electrons. The van der Waals surface area contributed by atoms with Crippen molar-refractivity contribution < 1.29 is 14.2 Å². The summed E-state index contributed by atoms with van der Waals surface area (Å²) in [6, 6.07) is 2.90. The highest BCUT2D eigenvalue weighted by atomic mass is 16.6. The van der Waals surface area contributed by atoms with Crippen LogP contribution in [0.25, 0.3) is 0 Å². The molecule has 0 saturated carbocycles. The highest BCUT2D eigenvalue weighted by molar-refractivity contribution is 5.98. The summed E-state index contributed by atoms with van der Waals surface area (Å²) in [5.74, 6) is -0.221. The van der Waals surface area contributed by atoms with Gasteiger partial charge in [-0.25, -0.2) is 4.98 Å². The lowest BCUT2D eigenvalue weighted by Crippen LogP contribution is -2.24. The fraction of sp³-hybridized carbons (Fsp3) is 0.182. The van der Waals surface area contributed by atoms with Gasteiger partial charge in [0.25, 0.3) is 11.6 Å². The van der Waals surface area contributed by atoms with Crippen molar-refractivity contribution in [3.8, 4) is 0 Å². The molecule has 2 rings (SSSR count). The smallest absolute Gasteiger partial charge is 0.300 e. The summed E-state index contributed by atoms with van der Waals surface area (Å²) in [5, 5.41) is 19.8. The van der Waals surface area contributed by atoms with Gasteiger partial charge in [-0.3, -0.25) is 14.9 Å². The van der Waals surface area contributed by atoms with Crippen LogP contribution in [-0.4, -0.2) is 28.0 Å². The van der Waals surface area contributed by atoms with Crippen molar-refractivity contribution in [1.29, 1.82) is 0 Å². The summed E-state index contributed by atoms with van der Waals surface area (Å²) in [6.45, 7) is 0.115. The molecule has 0 unspecified atom stereocenters. The van der Waals surface area contributed by atoms with Crippen molar-refractivity contribution >= 4 is 17.4 Å². The number of rotatable bonds is 5.